The van der Waals surface area contributed by atoms with Crippen molar-refractivity contribution in [3.05, 3.63) is 104 Å². The Kier molecular flexibility index (Phi) is 5.36. The summed E-state index contributed by atoms with van der Waals surface area (Å²) in [6, 6.07) is 15.9. The van der Waals surface area contributed by atoms with Crippen LogP contribution in [0, 0.1) is 6.92 Å². The van der Waals surface area contributed by atoms with Crippen LogP contribution in [0.15, 0.2) is 84.4 Å². The molecule has 3 aromatic heterocycles. The summed E-state index contributed by atoms with van der Waals surface area (Å²) in [5, 5.41) is 2.35. The molecule has 0 N–H and O–H groups in total. The van der Waals surface area contributed by atoms with E-state index in [1.807, 2.05) is 31.2 Å². The second-order valence-electron chi connectivity index (χ2n) is 7.41. The van der Waals surface area contributed by atoms with Gasteiger partial charge in [-0.3, -0.25) is 9.36 Å². The van der Waals surface area contributed by atoms with E-state index in [0.29, 0.717) is 38.2 Å². The third-order valence-corrected chi connectivity index (χ3v) is 6.38. The summed E-state index contributed by atoms with van der Waals surface area (Å²) in [6.07, 6.45) is 1.57. The Bertz CT molecular complexity index is 1570. The molecule has 32 heavy (non-hydrogen) atoms. The molecule has 0 atom stereocenters. The molecule has 0 amide bonds. The number of thioether (sulfide) groups is 1. The smallest absolute Gasteiger partial charge is 0.336 e. The van der Waals surface area contributed by atoms with Crippen LogP contribution in [0.4, 0.5) is 0 Å². The van der Waals surface area contributed by atoms with Crippen molar-refractivity contribution in [1.29, 1.82) is 0 Å². The molecule has 0 unspecified atom stereocenters. The lowest BCUT2D eigenvalue weighted by molar-refractivity contribution is 0.476. The number of fused-ring (bicyclic) bond motifs is 2. The van der Waals surface area contributed by atoms with Crippen molar-refractivity contribution < 1.29 is 8.83 Å². The standard InChI is InChI=1S/C24H17ClN2O4S/c1-14-4-6-18-15(10-22(28)31-21(18)9-14)13-32-24-26-20-11-16(25)5-7-19(20)23(29)27(24)12-17-3-2-8-30-17/h2-11H,12-13H2,1H3. The summed E-state index contributed by atoms with van der Waals surface area (Å²) in [7, 11) is 0. The van der Waals surface area contributed by atoms with E-state index >= 15 is 0 Å². The number of halogens is 1. The molecule has 0 saturated heterocycles. The van der Waals surface area contributed by atoms with Crippen LogP contribution < -0.4 is 11.2 Å². The number of rotatable bonds is 5. The maximum absolute atomic E-state index is 13.3. The summed E-state index contributed by atoms with van der Waals surface area (Å²) in [5.41, 5.74) is 2.29. The fourth-order valence-corrected chi connectivity index (χ4v) is 4.74. The van der Waals surface area contributed by atoms with Gasteiger partial charge in [0.15, 0.2) is 5.16 Å². The van der Waals surface area contributed by atoms with Gasteiger partial charge < -0.3 is 8.83 Å². The highest BCUT2D eigenvalue weighted by Gasteiger charge is 2.15. The van der Waals surface area contributed by atoms with E-state index in [2.05, 4.69) is 0 Å². The van der Waals surface area contributed by atoms with Crippen LogP contribution in [-0.2, 0) is 12.3 Å². The van der Waals surface area contributed by atoms with Gasteiger partial charge in [-0.25, -0.2) is 9.78 Å². The van der Waals surface area contributed by atoms with Crippen molar-refractivity contribution >= 4 is 45.2 Å². The topological polar surface area (TPSA) is 78.2 Å². The van der Waals surface area contributed by atoms with Crippen molar-refractivity contribution in [2.45, 2.75) is 24.4 Å². The van der Waals surface area contributed by atoms with Gasteiger partial charge in [-0.2, -0.15) is 0 Å². The van der Waals surface area contributed by atoms with Crippen LogP contribution in [0.2, 0.25) is 5.02 Å². The minimum atomic E-state index is -0.412. The van der Waals surface area contributed by atoms with Crippen molar-refractivity contribution in [1.82, 2.24) is 9.55 Å². The van der Waals surface area contributed by atoms with E-state index < -0.39 is 5.63 Å². The van der Waals surface area contributed by atoms with Gasteiger partial charge >= 0.3 is 5.63 Å². The van der Waals surface area contributed by atoms with Gasteiger partial charge in [0.05, 0.1) is 23.7 Å². The molecule has 0 bridgehead atoms. The first-order valence-corrected chi connectivity index (χ1v) is 11.2. The zero-order chi connectivity index (χ0) is 22.2. The Morgan fingerprint density at radius 1 is 1.06 bits per heavy atom. The molecule has 0 aliphatic rings. The third-order valence-electron chi connectivity index (χ3n) is 5.12. The fourth-order valence-electron chi connectivity index (χ4n) is 3.58. The number of furan rings is 1. The van der Waals surface area contributed by atoms with Gasteiger partial charge in [0.1, 0.15) is 11.3 Å². The first-order chi connectivity index (χ1) is 15.5. The number of aromatic nitrogens is 2. The van der Waals surface area contributed by atoms with Gasteiger partial charge in [0, 0.05) is 22.2 Å². The first-order valence-electron chi connectivity index (χ1n) is 9.86. The molecule has 0 fully saturated rings. The summed E-state index contributed by atoms with van der Waals surface area (Å²) >= 11 is 7.50. The van der Waals surface area contributed by atoms with Crippen LogP contribution in [0.5, 0.6) is 0 Å². The maximum atomic E-state index is 13.3. The van der Waals surface area contributed by atoms with Crippen LogP contribution in [0.25, 0.3) is 21.9 Å². The monoisotopic (exact) mass is 464 g/mol. The Labute approximate surface area is 191 Å². The molecular weight excluding hydrogens is 448 g/mol. The molecule has 2 aromatic carbocycles. The fraction of sp³-hybridized carbons (Fsp3) is 0.125. The van der Waals surface area contributed by atoms with E-state index in [4.69, 9.17) is 25.4 Å². The summed E-state index contributed by atoms with van der Waals surface area (Å²) in [4.78, 5) is 30.1. The van der Waals surface area contributed by atoms with Crippen molar-refractivity contribution in [2.75, 3.05) is 0 Å². The minimum absolute atomic E-state index is 0.182. The highest BCUT2D eigenvalue weighted by atomic mass is 35.5. The normalized spacial score (nSPS) is 11.4. The summed E-state index contributed by atoms with van der Waals surface area (Å²) in [6.45, 7) is 2.19. The molecule has 0 aliphatic heterocycles. The SMILES string of the molecule is Cc1ccc2c(CSc3nc4cc(Cl)ccc4c(=O)n3Cc3ccco3)cc(=O)oc2c1. The first kappa shape index (κ1) is 20.6. The lowest BCUT2D eigenvalue weighted by atomic mass is 10.1. The maximum Gasteiger partial charge on any atom is 0.336 e. The van der Waals surface area contributed by atoms with E-state index in [0.717, 1.165) is 16.5 Å². The molecule has 160 valence electrons. The molecule has 0 saturated carbocycles. The third kappa shape index (κ3) is 3.97. The van der Waals surface area contributed by atoms with Crippen LogP contribution in [0.1, 0.15) is 16.9 Å². The van der Waals surface area contributed by atoms with Gasteiger partial charge in [0.2, 0.25) is 0 Å². The number of benzene rings is 2. The lowest BCUT2D eigenvalue weighted by Crippen LogP contribution is -2.23. The molecule has 6 nitrogen and oxygen atoms in total. The predicted molar refractivity (Wildman–Crippen MR) is 126 cm³/mol. The van der Waals surface area contributed by atoms with Crippen LogP contribution >= 0.6 is 23.4 Å². The Morgan fingerprint density at radius 3 is 2.72 bits per heavy atom. The highest BCUT2D eigenvalue weighted by molar-refractivity contribution is 7.98. The molecule has 0 radical (unpaired) electrons. The van der Waals surface area contributed by atoms with E-state index in [9.17, 15) is 9.59 Å². The zero-order valence-corrected chi connectivity index (χ0v) is 18.6. The summed E-state index contributed by atoms with van der Waals surface area (Å²) < 4.78 is 12.4. The minimum Gasteiger partial charge on any atom is -0.467 e. The van der Waals surface area contributed by atoms with E-state index in [1.165, 1.54) is 17.8 Å². The number of nitrogens with zero attached hydrogens (tertiary/aromatic N) is 2. The molecular formula is C24H17ClN2O4S. The van der Waals surface area contributed by atoms with Crippen LogP contribution in [-0.4, -0.2) is 9.55 Å². The van der Waals surface area contributed by atoms with Crippen molar-refractivity contribution in [3.63, 3.8) is 0 Å². The van der Waals surface area contributed by atoms with Crippen molar-refractivity contribution in [2.24, 2.45) is 0 Å². The second kappa shape index (κ2) is 8.33. The molecule has 5 aromatic rings. The Hall–Kier alpha value is -3.29. The number of hydrogen-bond donors (Lipinski definition) is 0. The molecule has 8 heteroatoms. The van der Waals surface area contributed by atoms with Gasteiger partial charge in [-0.05, 0) is 54.4 Å². The van der Waals surface area contributed by atoms with Crippen molar-refractivity contribution in [3.8, 4) is 0 Å². The zero-order valence-electron chi connectivity index (χ0n) is 17.0. The Morgan fingerprint density at radius 2 is 1.91 bits per heavy atom. The molecule has 0 spiro atoms. The number of hydrogen-bond acceptors (Lipinski definition) is 6. The van der Waals surface area contributed by atoms with Gasteiger partial charge in [0.25, 0.3) is 5.56 Å². The highest BCUT2D eigenvalue weighted by Crippen LogP contribution is 2.27. The van der Waals surface area contributed by atoms with Gasteiger partial charge in [-0.1, -0.05) is 35.5 Å². The molecule has 3 heterocycles. The van der Waals surface area contributed by atoms with E-state index in [1.54, 1.807) is 35.1 Å². The quantitative estimate of drug-likeness (QED) is 0.197. The predicted octanol–water partition coefficient (Wildman–Crippen LogP) is 5.40. The Balaban J connectivity index is 1.60. The second-order valence-corrected chi connectivity index (χ2v) is 8.78. The molecule has 5 rings (SSSR count). The lowest BCUT2D eigenvalue weighted by Gasteiger charge is -2.13. The number of aryl methyl sites for hydroxylation is 1. The average Bonchev–Trinajstić information content (AvgIpc) is 3.27. The summed E-state index contributed by atoms with van der Waals surface area (Å²) in [5.74, 6) is 1.08. The van der Waals surface area contributed by atoms with Crippen LogP contribution in [0.3, 0.4) is 0 Å². The van der Waals surface area contributed by atoms with E-state index in [-0.39, 0.29) is 12.1 Å². The largest absolute Gasteiger partial charge is 0.467 e. The average molecular weight is 465 g/mol. The van der Waals surface area contributed by atoms with Gasteiger partial charge in [-0.15, -0.1) is 0 Å². The molecule has 0 aliphatic carbocycles.